The first-order valence-electron chi connectivity index (χ1n) is 8.93. The molecule has 9 heteroatoms. The summed E-state index contributed by atoms with van der Waals surface area (Å²) in [5.74, 6) is -0.810. The van der Waals surface area contributed by atoms with Gasteiger partial charge in [-0.25, -0.2) is 14.4 Å². The van der Waals surface area contributed by atoms with E-state index in [4.69, 9.17) is 11.6 Å². The molecule has 0 aliphatic carbocycles. The Hall–Kier alpha value is -2.84. The van der Waals surface area contributed by atoms with E-state index >= 15 is 0 Å². The number of halogens is 2. The molecule has 0 atom stereocenters. The van der Waals surface area contributed by atoms with Gasteiger partial charge in [-0.15, -0.1) is 11.3 Å². The third kappa shape index (κ3) is 4.28. The van der Waals surface area contributed by atoms with Crippen LogP contribution >= 0.6 is 22.9 Å². The Labute approximate surface area is 176 Å². The highest BCUT2D eigenvalue weighted by molar-refractivity contribution is 7.13. The van der Waals surface area contributed by atoms with Crippen LogP contribution in [0.1, 0.15) is 29.4 Å². The van der Waals surface area contributed by atoms with E-state index in [1.54, 1.807) is 23.7 Å². The monoisotopic (exact) mass is 429 g/mol. The molecule has 0 saturated carbocycles. The number of rotatable bonds is 4. The van der Waals surface area contributed by atoms with Crippen molar-refractivity contribution in [1.82, 2.24) is 15.0 Å². The lowest BCUT2D eigenvalue weighted by Crippen LogP contribution is -2.31. The molecule has 3 heterocycles. The summed E-state index contributed by atoms with van der Waals surface area (Å²) in [6.45, 7) is 3.72. The van der Waals surface area contributed by atoms with Gasteiger partial charge in [0, 0.05) is 24.7 Å². The van der Waals surface area contributed by atoms with Crippen LogP contribution in [0.2, 0.25) is 5.02 Å². The molecule has 1 aromatic carbocycles. The van der Waals surface area contributed by atoms with E-state index in [0.29, 0.717) is 6.54 Å². The van der Waals surface area contributed by atoms with E-state index < -0.39 is 11.7 Å². The van der Waals surface area contributed by atoms with Crippen LogP contribution in [0.3, 0.4) is 0 Å². The summed E-state index contributed by atoms with van der Waals surface area (Å²) in [4.78, 5) is 27.7. The molecule has 1 aliphatic heterocycles. The van der Waals surface area contributed by atoms with Gasteiger partial charge in [-0.1, -0.05) is 17.2 Å². The number of amides is 1. The van der Waals surface area contributed by atoms with Gasteiger partial charge < -0.3 is 10.2 Å². The minimum atomic E-state index is -0.542. The average molecular weight is 430 g/mol. The summed E-state index contributed by atoms with van der Waals surface area (Å²) < 4.78 is 13.4. The van der Waals surface area contributed by atoms with Gasteiger partial charge in [-0.2, -0.15) is 0 Å². The van der Waals surface area contributed by atoms with Gasteiger partial charge in [-0.3, -0.25) is 9.78 Å². The predicted molar refractivity (Wildman–Crippen MR) is 113 cm³/mol. The number of carbonyl (C=O) groups is 1. The maximum Gasteiger partial charge on any atom is 0.258 e. The molecule has 1 amide bonds. The molecule has 1 aliphatic rings. The van der Waals surface area contributed by atoms with Crippen molar-refractivity contribution >= 4 is 45.4 Å². The van der Waals surface area contributed by atoms with Crippen molar-refractivity contribution in [3.05, 3.63) is 69.8 Å². The largest absolute Gasteiger partial charge is 0.343 e. The Morgan fingerprint density at radius 1 is 1.28 bits per heavy atom. The first-order valence-corrected chi connectivity index (χ1v) is 10.2. The van der Waals surface area contributed by atoms with Gasteiger partial charge >= 0.3 is 0 Å². The molecule has 4 rings (SSSR count). The van der Waals surface area contributed by atoms with Crippen molar-refractivity contribution in [2.45, 2.75) is 13.3 Å². The van der Waals surface area contributed by atoms with Crippen molar-refractivity contribution in [2.24, 2.45) is 0 Å². The van der Waals surface area contributed by atoms with Crippen molar-refractivity contribution in [1.29, 1.82) is 0 Å². The third-order valence-corrected chi connectivity index (χ3v) is 5.85. The van der Waals surface area contributed by atoms with E-state index in [-0.39, 0.29) is 16.4 Å². The molecule has 148 valence electrons. The Bertz CT molecular complexity index is 1070. The van der Waals surface area contributed by atoms with Crippen molar-refractivity contribution in [3.63, 3.8) is 0 Å². The lowest BCUT2D eigenvalue weighted by atomic mass is 9.99. The maximum atomic E-state index is 13.4. The number of benzene rings is 1. The van der Waals surface area contributed by atoms with Crippen LogP contribution in [0.15, 0.2) is 47.7 Å². The van der Waals surface area contributed by atoms with Crippen LogP contribution in [0, 0.1) is 5.82 Å². The lowest BCUT2D eigenvalue weighted by molar-refractivity contribution is 0.102. The number of aromatic nitrogens is 3. The highest BCUT2D eigenvalue weighted by atomic mass is 35.5. The number of hydrogen-bond donors (Lipinski definition) is 1. The third-order valence-electron chi connectivity index (χ3n) is 4.69. The normalized spacial score (nSPS) is 14.2. The molecule has 29 heavy (non-hydrogen) atoms. The number of carbonyl (C=O) groups excluding carboxylic acids is 1. The highest BCUT2D eigenvalue weighted by Crippen LogP contribution is 2.29. The smallest absolute Gasteiger partial charge is 0.258 e. The molecule has 0 unspecified atom stereocenters. The van der Waals surface area contributed by atoms with Crippen LogP contribution in [0.4, 0.5) is 15.3 Å². The Balaban J connectivity index is 1.50. The second-order valence-electron chi connectivity index (χ2n) is 6.61. The summed E-state index contributed by atoms with van der Waals surface area (Å²) in [6, 6.07) is 3.62. The fourth-order valence-electron chi connectivity index (χ4n) is 3.10. The first-order chi connectivity index (χ1) is 14.0. The van der Waals surface area contributed by atoms with Crippen molar-refractivity contribution in [2.75, 3.05) is 23.3 Å². The highest BCUT2D eigenvalue weighted by Gasteiger charge is 2.21. The minimum absolute atomic E-state index is 0.0440. The zero-order valence-electron chi connectivity index (χ0n) is 15.5. The van der Waals surface area contributed by atoms with Crippen molar-refractivity contribution in [3.8, 4) is 0 Å². The molecular formula is C20H17ClFN5OS. The molecule has 2 aromatic heterocycles. The molecule has 0 fully saturated rings. The molecule has 1 N–H and O–H groups in total. The molecule has 6 nitrogen and oxygen atoms in total. The van der Waals surface area contributed by atoms with Gasteiger partial charge in [0.2, 0.25) is 0 Å². The molecule has 0 radical (unpaired) electrons. The molecule has 0 saturated heterocycles. The number of nitrogens with zero attached hydrogens (tertiary/aromatic N) is 4. The molecule has 3 aromatic rings. The van der Waals surface area contributed by atoms with E-state index in [1.807, 2.05) is 5.38 Å². The average Bonchev–Trinajstić information content (AvgIpc) is 3.26. The van der Waals surface area contributed by atoms with Crippen molar-refractivity contribution < 1.29 is 9.18 Å². The van der Waals surface area contributed by atoms with E-state index in [2.05, 4.69) is 32.1 Å². The minimum Gasteiger partial charge on any atom is -0.343 e. The first kappa shape index (κ1) is 19.5. The van der Waals surface area contributed by atoms with E-state index in [0.717, 1.165) is 35.4 Å². The number of anilines is 2. The summed E-state index contributed by atoms with van der Waals surface area (Å²) >= 11 is 7.59. The summed E-state index contributed by atoms with van der Waals surface area (Å²) in [7, 11) is 0. The zero-order valence-corrected chi connectivity index (χ0v) is 17.1. The standard InChI is InChI=1S/C20H17ClFN5OS/c1-12-4-6-27(20-23-5-7-29-20)11-15(12)17-9-25-18(10-24-17)26-19(28)14-8-13(22)2-3-16(14)21/h2-3,5,7-10H,4,6,11H2,1H3,(H,25,26,28). The fourth-order valence-corrected chi connectivity index (χ4v) is 3.97. The molecular weight excluding hydrogens is 413 g/mol. The number of thiazole rings is 1. The summed E-state index contributed by atoms with van der Waals surface area (Å²) in [6.07, 6.45) is 5.84. The van der Waals surface area contributed by atoms with Crippen LogP contribution in [-0.4, -0.2) is 33.9 Å². The Kier molecular flexibility index (Phi) is 5.55. The lowest BCUT2D eigenvalue weighted by Gasteiger charge is -2.29. The van der Waals surface area contributed by atoms with Gasteiger partial charge in [0.1, 0.15) is 5.82 Å². The molecule has 0 spiro atoms. The topological polar surface area (TPSA) is 71.0 Å². The zero-order chi connectivity index (χ0) is 20.4. The maximum absolute atomic E-state index is 13.4. The quantitative estimate of drug-likeness (QED) is 0.653. The van der Waals surface area contributed by atoms with Gasteiger partial charge in [0.05, 0.1) is 28.7 Å². The fraction of sp³-hybridized carbons (Fsp3) is 0.200. The van der Waals surface area contributed by atoms with E-state index in [9.17, 15) is 9.18 Å². The van der Waals surface area contributed by atoms with Gasteiger partial charge in [0.15, 0.2) is 10.9 Å². The summed E-state index contributed by atoms with van der Waals surface area (Å²) in [5.41, 5.74) is 3.16. The van der Waals surface area contributed by atoms with Crippen LogP contribution in [-0.2, 0) is 0 Å². The number of nitrogens with one attached hydrogen (secondary N) is 1. The second-order valence-corrected chi connectivity index (χ2v) is 7.89. The van der Waals surface area contributed by atoms with Crippen LogP contribution < -0.4 is 10.2 Å². The van der Waals surface area contributed by atoms with Gasteiger partial charge in [-0.05, 0) is 37.1 Å². The Morgan fingerprint density at radius 2 is 2.14 bits per heavy atom. The van der Waals surface area contributed by atoms with Crippen LogP contribution in [0.25, 0.3) is 5.57 Å². The second kappa shape index (κ2) is 8.26. The predicted octanol–water partition coefficient (Wildman–Crippen LogP) is 4.66. The molecule has 0 bridgehead atoms. The van der Waals surface area contributed by atoms with E-state index in [1.165, 1.54) is 23.9 Å². The van der Waals surface area contributed by atoms with Crippen LogP contribution in [0.5, 0.6) is 0 Å². The SMILES string of the molecule is CC1=C(c2cnc(NC(=O)c3cc(F)ccc3Cl)cn2)CN(c2nccs2)CC1. The summed E-state index contributed by atoms with van der Waals surface area (Å²) in [5, 5.41) is 5.71. The van der Waals surface area contributed by atoms with Gasteiger partial charge in [0.25, 0.3) is 5.91 Å². The number of hydrogen-bond acceptors (Lipinski definition) is 6. The Morgan fingerprint density at radius 3 is 2.86 bits per heavy atom.